The van der Waals surface area contributed by atoms with Gasteiger partial charge in [0.2, 0.25) is 5.75 Å². The summed E-state index contributed by atoms with van der Waals surface area (Å²) in [6.45, 7) is 1.96. The van der Waals surface area contributed by atoms with E-state index in [0.29, 0.717) is 50.5 Å². The Morgan fingerprint density at radius 3 is 2.18 bits per heavy atom. The Labute approximate surface area is 202 Å². The number of benzene rings is 3. The lowest BCUT2D eigenvalue weighted by Crippen LogP contribution is -2.22. The van der Waals surface area contributed by atoms with Gasteiger partial charge < -0.3 is 18.9 Å². The molecule has 8 heteroatoms. The molecule has 0 atom stereocenters. The van der Waals surface area contributed by atoms with Crippen LogP contribution in [0.5, 0.6) is 23.0 Å². The number of ether oxygens (including phenoxy) is 4. The fraction of sp³-hybridized carbons (Fsp3) is 0.231. The van der Waals surface area contributed by atoms with Crippen molar-refractivity contribution in [2.75, 3.05) is 28.4 Å². The van der Waals surface area contributed by atoms with Crippen molar-refractivity contribution in [1.82, 2.24) is 9.55 Å². The summed E-state index contributed by atoms with van der Waals surface area (Å²) >= 11 is 1.44. The maximum absolute atomic E-state index is 13.7. The first-order chi connectivity index (χ1) is 16.5. The van der Waals surface area contributed by atoms with Gasteiger partial charge in [-0.05, 0) is 48.9 Å². The van der Waals surface area contributed by atoms with Crippen LogP contribution in [0.3, 0.4) is 0 Å². The fourth-order valence-electron chi connectivity index (χ4n) is 3.77. The lowest BCUT2D eigenvalue weighted by atomic mass is 10.1. The molecule has 4 rings (SSSR count). The largest absolute Gasteiger partial charge is 0.495 e. The number of aryl methyl sites for hydroxylation is 1. The monoisotopic (exact) mass is 478 g/mol. The van der Waals surface area contributed by atoms with Gasteiger partial charge in [0.25, 0.3) is 5.56 Å². The third-order valence-electron chi connectivity index (χ3n) is 5.41. The Morgan fingerprint density at radius 2 is 1.53 bits per heavy atom. The maximum atomic E-state index is 13.7. The summed E-state index contributed by atoms with van der Waals surface area (Å²) in [6, 6.07) is 16.9. The van der Waals surface area contributed by atoms with Crippen molar-refractivity contribution < 1.29 is 18.9 Å². The molecule has 3 aromatic carbocycles. The molecule has 0 aliphatic heterocycles. The minimum atomic E-state index is -0.148. The zero-order chi connectivity index (χ0) is 24.2. The third kappa shape index (κ3) is 4.41. The van der Waals surface area contributed by atoms with E-state index in [1.54, 1.807) is 33.0 Å². The van der Waals surface area contributed by atoms with Crippen molar-refractivity contribution in [3.63, 3.8) is 0 Å². The van der Waals surface area contributed by atoms with Gasteiger partial charge >= 0.3 is 0 Å². The van der Waals surface area contributed by atoms with Crippen LogP contribution in [0.2, 0.25) is 0 Å². The van der Waals surface area contributed by atoms with Crippen LogP contribution in [-0.4, -0.2) is 38.0 Å². The third-order valence-corrected chi connectivity index (χ3v) is 6.42. The van der Waals surface area contributed by atoms with E-state index in [1.807, 2.05) is 61.5 Å². The summed E-state index contributed by atoms with van der Waals surface area (Å²) in [6.07, 6.45) is 0. The minimum Gasteiger partial charge on any atom is -0.495 e. The van der Waals surface area contributed by atoms with Gasteiger partial charge in [0.05, 0.1) is 45.0 Å². The van der Waals surface area contributed by atoms with Crippen LogP contribution >= 0.6 is 11.8 Å². The molecule has 0 N–H and O–H groups in total. The summed E-state index contributed by atoms with van der Waals surface area (Å²) in [5.41, 5.74) is 3.07. The van der Waals surface area contributed by atoms with E-state index in [9.17, 15) is 4.79 Å². The number of hydrogen-bond donors (Lipinski definition) is 0. The molecule has 0 saturated heterocycles. The van der Waals surface area contributed by atoms with Crippen LogP contribution in [0.15, 0.2) is 64.5 Å². The minimum absolute atomic E-state index is 0.148. The molecule has 0 aliphatic rings. The first-order valence-corrected chi connectivity index (χ1v) is 11.6. The van der Waals surface area contributed by atoms with Crippen molar-refractivity contribution in [1.29, 1.82) is 0 Å². The highest BCUT2D eigenvalue weighted by Crippen LogP contribution is 2.39. The average Bonchev–Trinajstić information content (AvgIpc) is 2.87. The van der Waals surface area contributed by atoms with Crippen LogP contribution in [0, 0.1) is 6.92 Å². The van der Waals surface area contributed by atoms with E-state index >= 15 is 0 Å². The molecular formula is C26H26N2O5S. The number of rotatable bonds is 8. The summed E-state index contributed by atoms with van der Waals surface area (Å²) in [7, 11) is 6.33. The quantitative estimate of drug-likeness (QED) is 0.260. The zero-order valence-electron chi connectivity index (χ0n) is 19.7. The van der Waals surface area contributed by atoms with E-state index in [-0.39, 0.29) is 5.56 Å². The van der Waals surface area contributed by atoms with Gasteiger partial charge in [-0.25, -0.2) is 4.98 Å². The van der Waals surface area contributed by atoms with Gasteiger partial charge in [0, 0.05) is 5.75 Å². The second-order valence-corrected chi connectivity index (χ2v) is 8.49. The standard InChI is InChI=1S/C26H26N2O5S/c1-16-10-11-19-18(12-16)25(29)28(20-8-6-7-9-21(20)30-2)26(27-19)34-15-17-13-22(31-3)24(33-5)23(14-17)32-4/h6-14H,15H2,1-5H3. The van der Waals surface area contributed by atoms with Crippen molar-refractivity contribution in [3.05, 3.63) is 76.1 Å². The van der Waals surface area contributed by atoms with E-state index in [0.717, 1.165) is 11.1 Å². The summed E-state index contributed by atoms with van der Waals surface area (Å²) < 4.78 is 23.6. The molecule has 34 heavy (non-hydrogen) atoms. The second kappa shape index (κ2) is 10.1. The Bertz CT molecular complexity index is 1380. The van der Waals surface area contributed by atoms with Crippen LogP contribution < -0.4 is 24.5 Å². The van der Waals surface area contributed by atoms with E-state index in [1.165, 1.54) is 11.8 Å². The molecule has 4 aromatic rings. The normalized spacial score (nSPS) is 10.9. The summed E-state index contributed by atoms with van der Waals surface area (Å²) in [4.78, 5) is 18.5. The highest BCUT2D eigenvalue weighted by atomic mass is 32.2. The SMILES string of the molecule is COc1ccccc1-n1c(SCc2cc(OC)c(OC)c(OC)c2)nc2ccc(C)cc2c1=O. The average molecular weight is 479 g/mol. The topological polar surface area (TPSA) is 71.8 Å². The van der Waals surface area contributed by atoms with Crippen molar-refractivity contribution >= 4 is 22.7 Å². The molecule has 0 spiro atoms. The van der Waals surface area contributed by atoms with Crippen LogP contribution in [0.25, 0.3) is 16.6 Å². The molecule has 7 nitrogen and oxygen atoms in total. The predicted molar refractivity (Wildman–Crippen MR) is 134 cm³/mol. The molecule has 0 radical (unpaired) electrons. The Hall–Kier alpha value is -3.65. The first-order valence-electron chi connectivity index (χ1n) is 10.6. The van der Waals surface area contributed by atoms with E-state index in [4.69, 9.17) is 23.9 Å². The number of thioether (sulfide) groups is 1. The van der Waals surface area contributed by atoms with Crippen LogP contribution in [0.4, 0.5) is 0 Å². The highest BCUT2D eigenvalue weighted by Gasteiger charge is 2.18. The number of nitrogens with zero attached hydrogens (tertiary/aromatic N) is 2. The lowest BCUT2D eigenvalue weighted by molar-refractivity contribution is 0.324. The number of methoxy groups -OCH3 is 4. The van der Waals surface area contributed by atoms with Crippen LogP contribution in [-0.2, 0) is 5.75 Å². The molecule has 0 unspecified atom stereocenters. The van der Waals surface area contributed by atoms with Gasteiger partial charge in [0.15, 0.2) is 16.7 Å². The van der Waals surface area contributed by atoms with Gasteiger partial charge in [-0.15, -0.1) is 0 Å². The highest BCUT2D eigenvalue weighted by molar-refractivity contribution is 7.98. The molecule has 0 fully saturated rings. The maximum Gasteiger partial charge on any atom is 0.266 e. The van der Waals surface area contributed by atoms with Gasteiger partial charge in [-0.2, -0.15) is 0 Å². The van der Waals surface area contributed by atoms with Crippen LogP contribution in [0.1, 0.15) is 11.1 Å². The molecule has 1 heterocycles. The summed E-state index contributed by atoms with van der Waals surface area (Å²) in [5, 5.41) is 1.11. The van der Waals surface area contributed by atoms with Gasteiger partial charge in [0.1, 0.15) is 5.75 Å². The zero-order valence-corrected chi connectivity index (χ0v) is 20.6. The fourth-order valence-corrected chi connectivity index (χ4v) is 4.71. The smallest absolute Gasteiger partial charge is 0.266 e. The lowest BCUT2D eigenvalue weighted by Gasteiger charge is -2.17. The molecule has 0 bridgehead atoms. The Kier molecular flexibility index (Phi) is 6.98. The van der Waals surface area contributed by atoms with Crippen molar-refractivity contribution in [2.45, 2.75) is 17.8 Å². The van der Waals surface area contributed by atoms with Crippen molar-refractivity contribution in [2.24, 2.45) is 0 Å². The summed E-state index contributed by atoms with van der Waals surface area (Å²) in [5.74, 6) is 2.79. The van der Waals surface area contributed by atoms with Gasteiger partial charge in [-0.1, -0.05) is 35.5 Å². The molecular weight excluding hydrogens is 452 g/mol. The number of fused-ring (bicyclic) bond motifs is 1. The number of hydrogen-bond acceptors (Lipinski definition) is 7. The first kappa shape index (κ1) is 23.5. The van der Waals surface area contributed by atoms with E-state index < -0.39 is 0 Å². The van der Waals surface area contributed by atoms with Gasteiger partial charge in [-0.3, -0.25) is 9.36 Å². The molecule has 1 aromatic heterocycles. The van der Waals surface area contributed by atoms with Crippen molar-refractivity contribution in [3.8, 4) is 28.7 Å². The molecule has 0 saturated carbocycles. The Balaban J connectivity index is 1.84. The second-order valence-electron chi connectivity index (χ2n) is 7.55. The molecule has 0 amide bonds. The number of para-hydroxylation sites is 2. The molecule has 176 valence electrons. The van der Waals surface area contributed by atoms with E-state index in [2.05, 4.69) is 0 Å². The predicted octanol–water partition coefficient (Wildman–Crippen LogP) is 5.02. The Morgan fingerprint density at radius 1 is 0.853 bits per heavy atom. The molecule has 0 aliphatic carbocycles. The number of aromatic nitrogens is 2.